The monoisotopic (exact) mass is 305 g/mol. The highest BCUT2D eigenvalue weighted by molar-refractivity contribution is 5.86. The number of benzene rings is 1. The van der Waals surface area contributed by atoms with Crippen LogP contribution in [0.25, 0.3) is 6.08 Å². The number of esters is 1. The molecule has 1 amide bonds. The lowest BCUT2D eigenvalue weighted by Crippen LogP contribution is -2.20. The first kappa shape index (κ1) is 21.6. The van der Waals surface area contributed by atoms with Crippen LogP contribution >= 0.6 is 0 Å². The van der Waals surface area contributed by atoms with Crippen molar-refractivity contribution in [2.24, 2.45) is 0 Å². The molecule has 0 saturated carbocycles. The van der Waals surface area contributed by atoms with E-state index in [1.165, 1.54) is 5.56 Å². The van der Waals surface area contributed by atoms with Crippen molar-refractivity contribution in [2.45, 2.75) is 6.92 Å². The molecular formula is C17H23NO4. The molecule has 0 aliphatic heterocycles. The van der Waals surface area contributed by atoms with Gasteiger partial charge in [0.1, 0.15) is 6.73 Å². The van der Waals surface area contributed by atoms with Gasteiger partial charge >= 0.3 is 5.97 Å². The van der Waals surface area contributed by atoms with Crippen LogP contribution in [0.4, 0.5) is 0 Å². The summed E-state index contributed by atoms with van der Waals surface area (Å²) in [4.78, 5) is 20.1. The summed E-state index contributed by atoms with van der Waals surface area (Å²) in [5.41, 5.74) is 1.17. The Bertz CT molecular complexity index is 433. The van der Waals surface area contributed by atoms with E-state index in [1.54, 1.807) is 6.92 Å². The zero-order valence-corrected chi connectivity index (χ0v) is 12.8. The molecule has 5 heteroatoms. The first-order valence-corrected chi connectivity index (χ1v) is 6.53. The molecule has 2 N–H and O–H groups in total. The summed E-state index contributed by atoms with van der Waals surface area (Å²) >= 11 is 0. The SMILES string of the molecule is C=CC(=O)NCO.C=CC(=O)OCC.C=Cc1ccccc1. The smallest absolute Gasteiger partial charge is 0.330 e. The molecule has 1 aromatic rings. The fraction of sp³-hybridized carbons (Fsp3) is 0.176. The van der Waals surface area contributed by atoms with Crippen molar-refractivity contribution in [1.29, 1.82) is 0 Å². The molecule has 0 fully saturated rings. The van der Waals surface area contributed by atoms with E-state index in [1.807, 2.05) is 36.4 Å². The largest absolute Gasteiger partial charge is 0.463 e. The Labute approximate surface area is 131 Å². The summed E-state index contributed by atoms with van der Waals surface area (Å²) in [6.45, 7) is 11.8. The van der Waals surface area contributed by atoms with Gasteiger partial charge in [0.05, 0.1) is 6.61 Å². The van der Waals surface area contributed by atoms with E-state index >= 15 is 0 Å². The number of hydrogen-bond acceptors (Lipinski definition) is 4. The molecule has 1 rings (SSSR count). The Kier molecular flexibility index (Phi) is 16.1. The minimum atomic E-state index is -0.359. The predicted molar refractivity (Wildman–Crippen MR) is 88.8 cm³/mol. The number of amides is 1. The summed E-state index contributed by atoms with van der Waals surface area (Å²) < 4.78 is 4.43. The highest BCUT2D eigenvalue weighted by atomic mass is 16.5. The van der Waals surface area contributed by atoms with E-state index in [9.17, 15) is 9.59 Å². The third-order valence-corrected chi connectivity index (χ3v) is 1.93. The molecule has 1 aromatic carbocycles. The molecule has 0 aromatic heterocycles. The van der Waals surface area contributed by atoms with Gasteiger partial charge in [0.25, 0.3) is 0 Å². The number of rotatable bonds is 5. The second-order valence-electron chi connectivity index (χ2n) is 3.47. The molecule has 0 spiro atoms. The normalized spacial score (nSPS) is 7.91. The van der Waals surface area contributed by atoms with E-state index in [4.69, 9.17) is 5.11 Å². The minimum absolute atomic E-state index is 0.329. The van der Waals surface area contributed by atoms with Gasteiger partial charge in [-0.15, -0.1) is 0 Å². The highest BCUT2D eigenvalue weighted by Gasteiger charge is 1.86. The van der Waals surface area contributed by atoms with Crippen molar-refractivity contribution in [3.8, 4) is 0 Å². The maximum Gasteiger partial charge on any atom is 0.330 e. The molecule has 0 heterocycles. The average molecular weight is 305 g/mol. The quantitative estimate of drug-likeness (QED) is 0.497. The summed E-state index contributed by atoms with van der Waals surface area (Å²) in [5, 5.41) is 10.1. The molecule has 0 atom stereocenters. The van der Waals surface area contributed by atoms with Crippen molar-refractivity contribution in [2.75, 3.05) is 13.3 Å². The van der Waals surface area contributed by atoms with E-state index in [0.29, 0.717) is 6.61 Å². The van der Waals surface area contributed by atoms with Gasteiger partial charge in [0.2, 0.25) is 5.91 Å². The van der Waals surface area contributed by atoms with Gasteiger partial charge in [-0.3, -0.25) is 4.79 Å². The van der Waals surface area contributed by atoms with Crippen LogP contribution in [0.3, 0.4) is 0 Å². The van der Waals surface area contributed by atoms with Gasteiger partial charge < -0.3 is 15.2 Å². The van der Waals surface area contributed by atoms with Crippen LogP contribution in [0.5, 0.6) is 0 Å². The third-order valence-electron chi connectivity index (χ3n) is 1.93. The zero-order chi connectivity index (χ0) is 17.2. The molecule has 0 bridgehead atoms. The van der Waals surface area contributed by atoms with Gasteiger partial charge in [-0.2, -0.15) is 0 Å². The lowest BCUT2D eigenvalue weighted by Gasteiger charge is -1.90. The number of carbonyl (C=O) groups excluding carboxylic acids is 2. The molecule has 0 radical (unpaired) electrons. The first-order valence-electron chi connectivity index (χ1n) is 6.53. The molecule has 5 nitrogen and oxygen atoms in total. The summed E-state index contributed by atoms with van der Waals surface area (Å²) in [6.07, 6.45) is 4.07. The number of nitrogens with one attached hydrogen (secondary N) is 1. The minimum Gasteiger partial charge on any atom is -0.463 e. The summed E-state index contributed by atoms with van der Waals surface area (Å²) in [7, 11) is 0. The molecular weight excluding hydrogens is 282 g/mol. The Hall–Kier alpha value is -2.66. The molecule has 22 heavy (non-hydrogen) atoms. The van der Waals surface area contributed by atoms with Crippen molar-refractivity contribution in [3.05, 3.63) is 67.8 Å². The van der Waals surface area contributed by atoms with Crippen LogP contribution in [-0.4, -0.2) is 30.3 Å². The van der Waals surface area contributed by atoms with E-state index in [2.05, 4.69) is 29.8 Å². The first-order chi connectivity index (χ1) is 10.5. The highest BCUT2D eigenvalue weighted by Crippen LogP contribution is 1.97. The zero-order valence-electron chi connectivity index (χ0n) is 12.8. The standard InChI is InChI=1S/C8H8.C5H8O2.C4H7NO2/c1-2-8-6-4-3-5-7-8;1-3-5(6)7-4-2;1-2-4(7)5-3-6/h2-7H,1H2;3H,1,4H2,2H3;2,6H,1,3H2,(H,5,7). The van der Waals surface area contributed by atoms with Gasteiger partial charge in [-0.1, -0.05) is 56.1 Å². The number of ether oxygens (including phenoxy) is 1. The Morgan fingerprint density at radius 3 is 2.00 bits per heavy atom. The number of carbonyl (C=O) groups is 2. The lowest BCUT2D eigenvalue weighted by atomic mass is 10.2. The van der Waals surface area contributed by atoms with Crippen molar-refractivity contribution < 1.29 is 19.4 Å². The average Bonchev–Trinajstić information content (AvgIpc) is 2.57. The molecule has 0 unspecified atom stereocenters. The van der Waals surface area contributed by atoms with Crippen LogP contribution in [0.2, 0.25) is 0 Å². The summed E-state index contributed by atoms with van der Waals surface area (Å²) in [5.74, 6) is -0.718. The fourth-order valence-electron chi connectivity index (χ4n) is 0.940. The van der Waals surface area contributed by atoms with Crippen LogP contribution in [-0.2, 0) is 14.3 Å². The Morgan fingerprint density at radius 1 is 1.18 bits per heavy atom. The van der Waals surface area contributed by atoms with Crippen LogP contribution in [0.1, 0.15) is 12.5 Å². The van der Waals surface area contributed by atoms with Gasteiger partial charge in [-0.05, 0) is 18.6 Å². The molecule has 0 aliphatic carbocycles. The lowest BCUT2D eigenvalue weighted by molar-refractivity contribution is -0.137. The maximum atomic E-state index is 10.1. The van der Waals surface area contributed by atoms with Crippen molar-refractivity contribution in [1.82, 2.24) is 5.32 Å². The van der Waals surface area contributed by atoms with E-state index < -0.39 is 0 Å². The third kappa shape index (κ3) is 15.4. The molecule has 0 saturated heterocycles. The number of hydrogen-bond donors (Lipinski definition) is 2. The maximum absolute atomic E-state index is 10.1. The second-order valence-corrected chi connectivity index (χ2v) is 3.47. The predicted octanol–water partition coefficient (Wildman–Crippen LogP) is 2.30. The van der Waals surface area contributed by atoms with Crippen LogP contribution < -0.4 is 5.32 Å². The van der Waals surface area contributed by atoms with Crippen molar-refractivity contribution >= 4 is 18.0 Å². The number of aliphatic hydroxyl groups is 1. The second kappa shape index (κ2) is 16.4. The number of aliphatic hydroxyl groups excluding tert-OH is 1. The fourth-order valence-corrected chi connectivity index (χ4v) is 0.940. The van der Waals surface area contributed by atoms with Gasteiger partial charge in [0.15, 0.2) is 0 Å². The van der Waals surface area contributed by atoms with E-state index in [-0.39, 0.29) is 18.6 Å². The van der Waals surface area contributed by atoms with Crippen molar-refractivity contribution in [3.63, 3.8) is 0 Å². The topological polar surface area (TPSA) is 75.6 Å². The van der Waals surface area contributed by atoms with Crippen LogP contribution in [0, 0.1) is 0 Å². The van der Waals surface area contributed by atoms with Crippen LogP contribution in [0.15, 0.2) is 62.2 Å². The Balaban J connectivity index is 0. The summed E-state index contributed by atoms with van der Waals surface area (Å²) in [6, 6.07) is 10.0. The van der Waals surface area contributed by atoms with E-state index in [0.717, 1.165) is 12.2 Å². The molecule has 120 valence electrons. The van der Waals surface area contributed by atoms with Gasteiger partial charge in [0, 0.05) is 6.08 Å². The van der Waals surface area contributed by atoms with Gasteiger partial charge in [-0.25, -0.2) is 4.79 Å². The molecule has 0 aliphatic rings. The Morgan fingerprint density at radius 2 is 1.77 bits per heavy atom.